The molecule has 3 aromatic rings. The molecular weight excluding hydrogens is 420 g/mol. The minimum atomic E-state index is -3.47. The van der Waals surface area contributed by atoms with Gasteiger partial charge in [0.05, 0.1) is 18.5 Å². The van der Waals surface area contributed by atoms with E-state index in [4.69, 9.17) is 0 Å². The predicted molar refractivity (Wildman–Crippen MR) is 130 cm³/mol. The highest BCUT2D eigenvalue weighted by molar-refractivity contribution is 7.92. The Bertz CT molecular complexity index is 1150. The number of hydrogen-bond acceptors (Lipinski definition) is 3. The molecule has 1 amide bonds. The van der Waals surface area contributed by atoms with Gasteiger partial charge >= 0.3 is 0 Å². The summed E-state index contributed by atoms with van der Waals surface area (Å²) in [5.41, 5.74) is 5.55. The number of hydrogen-bond donors (Lipinski definition) is 1. The maximum atomic E-state index is 12.5. The molecule has 1 N–H and O–H groups in total. The van der Waals surface area contributed by atoms with Crippen LogP contribution in [0.2, 0.25) is 0 Å². The van der Waals surface area contributed by atoms with E-state index in [1.54, 1.807) is 24.3 Å². The lowest BCUT2D eigenvalue weighted by Crippen LogP contribution is -2.29. The highest BCUT2D eigenvalue weighted by Gasteiger charge is 2.18. The van der Waals surface area contributed by atoms with E-state index in [9.17, 15) is 13.2 Å². The second-order valence-corrected chi connectivity index (χ2v) is 10.1. The number of nitrogens with one attached hydrogen (secondary N) is 1. The third-order valence-electron chi connectivity index (χ3n) is 5.27. The van der Waals surface area contributed by atoms with Gasteiger partial charge in [-0.25, -0.2) is 8.42 Å². The number of carbonyl (C=O) groups is 1. The van der Waals surface area contributed by atoms with Gasteiger partial charge in [0.15, 0.2) is 0 Å². The van der Waals surface area contributed by atoms with Crippen molar-refractivity contribution in [2.75, 3.05) is 17.1 Å². The van der Waals surface area contributed by atoms with Crippen molar-refractivity contribution in [3.63, 3.8) is 0 Å². The molecule has 0 aliphatic carbocycles. The first-order chi connectivity index (χ1) is 15.2. The fraction of sp³-hybridized carbons (Fsp3) is 0.269. The van der Waals surface area contributed by atoms with Crippen molar-refractivity contribution < 1.29 is 13.2 Å². The Hall–Kier alpha value is -3.12. The van der Waals surface area contributed by atoms with Gasteiger partial charge in [-0.15, -0.1) is 0 Å². The largest absolute Gasteiger partial charge is 0.352 e. The van der Waals surface area contributed by atoms with Crippen LogP contribution in [-0.2, 0) is 23.0 Å². The van der Waals surface area contributed by atoms with E-state index in [-0.39, 0.29) is 12.5 Å². The van der Waals surface area contributed by atoms with Gasteiger partial charge in [-0.3, -0.25) is 9.10 Å². The Balaban J connectivity index is 1.60. The van der Waals surface area contributed by atoms with Crippen LogP contribution in [0.5, 0.6) is 0 Å². The van der Waals surface area contributed by atoms with Crippen molar-refractivity contribution in [2.24, 2.45) is 0 Å². The maximum absolute atomic E-state index is 12.5. The molecule has 0 atom stereocenters. The average Bonchev–Trinajstić information content (AvgIpc) is 2.75. The molecule has 6 heteroatoms. The van der Waals surface area contributed by atoms with Crippen LogP contribution in [0, 0.1) is 13.8 Å². The summed E-state index contributed by atoms with van der Waals surface area (Å²) >= 11 is 0. The Morgan fingerprint density at radius 3 is 2.19 bits per heavy atom. The molecule has 0 fully saturated rings. The minimum absolute atomic E-state index is 0.162. The molecule has 0 unspecified atom stereocenters. The Morgan fingerprint density at radius 2 is 1.56 bits per heavy atom. The van der Waals surface area contributed by atoms with E-state index < -0.39 is 10.0 Å². The number of benzene rings is 3. The normalized spacial score (nSPS) is 11.2. The lowest BCUT2D eigenvalue weighted by Gasteiger charge is -2.23. The first kappa shape index (κ1) is 23.5. The summed E-state index contributed by atoms with van der Waals surface area (Å²) < 4.78 is 26.1. The van der Waals surface area contributed by atoms with E-state index >= 15 is 0 Å². The predicted octanol–water partition coefficient (Wildman–Crippen LogP) is 4.63. The molecule has 3 rings (SSSR count). The van der Waals surface area contributed by atoms with Crippen molar-refractivity contribution in [1.82, 2.24) is 5.32 Å². The van der Waals surface area contributed by atoms with Gasteiger partial charge in [-0.1, -0.05) is 59.7 Å². The third kappa shape index (κ3) is 6.69. The average molecular weight is 451 g/mol. The molecule has 0 aromatic heterocycles. The second kappa shape index (κ2) is 10.5. The quantitative estimate of drug-likeness (QED) is 0.483. The molecule has 0 aliphatic heterocycles. The number of aryl methyl sites for hydroxylation is 3. The Kier molecular flexibility index (Phi) is 7.70. The van der Waals surface area contributed by atoms with Crippen molar-refractivity contribution in [3.8, 4) is 0 Å². The van der Waals surface area contributed by atoms with Gasteiger partial charge < -0.3 is 5.32 Å². The third-order valence-corrected chi connectivity index (χ3v) is 6.42. The van der Waals surface area contributed by atoms with Crippen molar-refractivity contribution >= 4 is 21.6 Å². The summed E-state index contributed by atoms with van der Waals surface area (Å²) in [6.45, 7) is 4.88. The summed E-state index contributed by atoms with van der Waals surface area (Å²) in [5, 5.41) is 2.94. The smallest absolute Gasteiger partial charge is 0.251 e. The van der Waals surface area contributed by atoms with Gasteiger partial charge in [0.1, 0.15) is 0 Å². The number of nitrogens with zero attached hydrogens (tertiary/aromatic N) is 1. The van der Waals surface area contributed by atoms with Gasteiger partial charge in [0.2, 0.25) is 10.0 Å². The van der Waals surface area contributed by atoms with Crippen molar-refractivity contribution in [3.05, 3.63) is 101 Å². The highest BCUT2D eigenvalue weighted by Crippen LogP contribution is 2.21. The summed E-state index contributed by atoms with van der Waals surface area (Å²) in [5.74, 6) is -0.162. The van der Waals surface area contributed by atoms with Crippen LogP contribution in [0.15, 0.2) is 72.8 Å². The van der Waals surface area contributed by atoms with E-state index in [0.29, 0.717) is 17.8 Å². The van der Waals surface area contributed by atoms with Crippen molar-refractivity contribution in [2.45, 2.75) is 33.2 Å². The highest BCUT2D eigenvalue weighted by atomic mass is 32.2. The molecule has 0 saturated carbocycles. The van der Waals surface area contributed by atoms with Crippen LogP contribution < -0.4 is 9.62 Å². The van der Waals surface area contributed by atoms with Gasteiger partial charge in [0, 0.05) is 12.1 Å². The monoisotopic (exact) mass is 450 g/mol. The number of carbonyl (C=O) groups excluding carboxylic acids is 1. The van der Waals surface area contributed by atoms with Crippen LogP contribution in [0.25, 0.3) is 0 Å². The van der Waals surface area contributed by atoms with Crippen molar-refractivity contribution in [1.29, 1.82) is 0 Å². The van der Waals surface area contributed by atoms with E-state index in [1.165, 1.54) is 21.7 Å². The van der Waals surface area contributed by atoms with Crippen LogP contribution >= 0.6 is 0 Å². The molecule has 0 bridgehead atoms. The molecule has 32 heavy (non-hydrogen) atoms. The van der Waals surface area contributed by atoms with E-state index in [2.05, 4.69) is 30.4 Å². The van der Waals surface area contributed by atoms with Crippen LogP contribution in [0.4, 0.5) is 5.69 Å². The molecule has 5 nitrogen and oxygen atoms in total. The second-order valence-electron chi connectivity index (χ2n) is 8.15. The SMILES string of the molecule is Cc1ccc(CN(c2ccc(C(=O)NCCCc3cccc(C)c3)cc2)S(C)(=O)=O)cc1. The number of sulfonamides is 1. The summed E-state index contributed by atoms with van der Waals surface area (Å²) in [6, 6.07) is 22.8. The standard InChI is InChI=1S/C26H30N2O3S/c1-20-9-11-23(12-10-20)19-28(32(3,30)31)25-15-13-24(14-16-25)26(29)27-17-5-8-22-7-4-6-21(2)18-22/h4,6-7,9-16,18H,5,8,17,19H2,1-3H3,(H,27,29). The van der Waals surface area contributed by atoms with Crippen LogP contribution in [0.3, 0.4) is 0 Å². The first-order valence-electron chi connectivity index (χ1n) is 10.7. The van der Waals surface area contributed by atoms with E-state index in [0.717, 1.165) is 24.0 Å². The number of anilines is 1. The summed E-state index contributed by atoms with van der Waals surface area (Å²) in [4.78, 5) is 12.5. The van der Waals surface area contributed by atoms with Crippen LogP contribution in [-0.4, -0.2) is 27.1 Å². The lowest BCUT2D eigenvalue weighted by atomic mass is 10.1. The van der Waals surface area contributed by atoms with Crippen LogP contribution in [0.1, 0.15) is 39.0 Å². The van der Waals surface area contributed by atoms with Gasteiger partial charge in [0.25, 0.3) is 5.91 Å². The molecule has 0 heterocycles. The first-order valence-corrected chi connectivity index (χ1v) is 12.5. The molecule has 168 valence electrons. The topological polar surface area (TPSA) is 66.5 Å². The van der Waals surface area contributed by atoms with Gasteiger partial charge in [-0.2, -0.15) is 0 Å². The molecule has 0 spiro atoms. The zero-order chi connectivity index (χ0) is 23.1. The zero-order valence-corrected chi connectivity index (χ0v) is 19.7. The lowest BCUT2D eigenvalue weighted by molar-refractivity contribution is 0.0953. The molecule has 0 radical (unpaired) electrons. The number of amides is 1. The fourth-order valence-corrected chi connectivity index (χ4v) is 4.39. The summed E-state index contributed by atoms with van der Waals surface area (Å²) in [6.07, 6.45) is 2.95. The fourth-order valence-electron chi connectivity index (χ4n) is 3.50. The van der Waals surface area contributed by atoms with Gasteiger partial charge in [-0.05, 0) is 62.1 Å². The minimum Gasteiger partial charge on any atom is -0.352 e. The Morgan fingerprint density at radius 1 is 0.875 bits per heavy atom. The maximum Gasteiger partial charge on any atom is 0.251 e. The number of rotatable bonds is 9. The molecular formula is C26H30N2O3S. The Labute approximate surface area is 191 Å². The molecule has 3 aromatic carbocycles. The van der Waals surface area contributed by atoms with E-state index in [1.807, 2.05) is 37.3 Å². The zero-order valence-electron chi connectivity index (χ0n) is 18.8. The molecule has 0 aliphatic rings. The molecule has 0 saturated heterocycles. The summed E-state index contributed by atoms with van der Waals surface area (Å²) in [7, 11) is -3.47.